The molecule has 32 heavy (non-hydrogen) atoms. The van der Waals surface area contributed by atoms with Gasteiger partial charge in [-0.3, -0.25) is 19.6 Å². The first-order valence-corrected chi connectivity index (χ1v) is 11.2. The predicted octanol–water partition coefficient (Wildman–Crippen LogP) is 3.52. The van der Waals surface area contributed by atoms with E-state index in [0.29, 0.717) is 13.0 Å². The number of aromatic nitrogens is 3. The molecule has 0 saturated carbocycles. The van der Waals surface area contributed by atoms with Gasteiger partial charge in [0.2, 0.25) is 5.91 Å². The Balaban J connectivity index is 1.33. The van der Waals surface area contributed by atoms with Gasteiger partial charge in [-0.05, 0) is 55.2 Å². The molecular formula is C25H29N5O2. The van der Waals surface area contributed by atoms with Crippen molar-refractivity contribution in [1.82, 2.24) is 19.7 Å². The number of carbonyl (C=O) groups is 1. The van der Waals surface area contributed by atoms with Gasteiger partial charge in [-0.2, -0.15) is 5.10 Å². The summed E-state index contributed by atoms with van der Waals surface area (Å²) in [5.41, 5.74) is 3.07. The van der Waals surface area contributed by atoms with Gasteiger partial charge in [0, 0.05) is 38.1 Å². The van der Waals surface area contributed by atoms with Crippen LogP contribution in [0.3, 0.4) is 0 Å². The number of likely N-dealkylation sites (tertiary alicyclic amines) is 1. The number of piperidine rings is 1. The fourth-order valence-corrected chi connectivity index (χ4v) is 4.95. The van der Waals surface area contributed by atoms with Crippen LogP contribution in [0.4, 0.5) is 5.82 Å². The molecular weight excluding hydrogens is 402 g/mol. The summed E-state index contributed by atoms with van der Waals surface area (Å²) in [5.74, 6) is 1.97. The molecule has 1 aromatic carbocycles. The van der Waals surface area contributed by atoms with Crippen molar-refractivity contribution in [2.75, 3.05) is 25.1 Å². The van der Waals surface area contributed by atoms with Gasteiger partial charge in [-0.15, -0.1) is 0 Å². The van der Waals surface area contributed by atoms with E-state index in [-0.39, 0.29) is 11.4 Å². The van der Waals surface area contributed by atoms with E-state index in [1.807, 2.05) is 42.2 Å². The van der Waals surface area contributed by atoms with Crippen molar-refractivity contribution in [1.29, 1.82) is 0 Å². The average Bonchev–Trinajstić information content (AvgIpc) is 3.22. The Labute approximate surface area is 188 Å². The number of methoxy groups -OCH3 is 1. The van der Waals surface area contributed by atoms with Crippen LogP contribution in [0.5, 0.6) is 5.75 Å². The number of aryl methyl sites for hydroxylation is 1. The second kappa shape index (κ2) is 8.39. The summed E-state index contributed by atoms with van der Waals surface area (Å²) in [6.45, 7) is 5.36. The molecule has 2 aliphatic rings. The average molecular weight is 432 g/mol. The minimum absolute atomic E-state index is 0.179. The van der Waals surface area contributed by atoms with E-state index < -0.39 is 0 Å². The van der Waals surface area contributed by atoms with Crippen molar-refractivity contribution in [3.63, 3.8) is 0 Å². The van der Waals surface area contributed by atoms with Crippen LogP contribution < -0.4 is 9.64 Å². The van der Waals surface area contributed by atoms with E-state index in [9.17, 15) is 4.79 Å². The zero-order chi connectivity index (χ0) is 22.1. The highest BCUT2D eigenvalue weighted by atomic mass is 16.5. The summed E-state index contributed by atoms with van der Waals surface area (Å²) in [6.07, 6.45) is 5.89. The molecule has 1 spiro atoms. The number of fused-ring (bicyclic) bond motifs is 2. The van der Waals surface area contributed by atoms with Crippen LogP contribution in [0.2, 0.25) is 0 Å². The predicted molar refractivity (Wildman–Crippen MR) is 122 cm³/mol. The molecule has 0 N–H and O–H groups in total. The molecule has 3 aromatic rings. The zero-order valence-electron chi connectivity index (χ0n) is 18.7. The normalized spacial score (nSPS) is 18.1. The standard InChI is InChI=1S/C25H29N5O2/c1-19-15-23-29(18-21-7-11-26-12-8-21)24(31)16-25(30(23)27-19)9-13-28(14-10-25)17-20-3-5-22(32-2)6-4-20/h3-8,11-12,15H,9-10,13-14,16-18H2,1-2H3. The largest absolute Gasteiger partial charge is 0.497 e. The highest BCUT2D eigenvalue weighted by molar-refractivity contribution is 5.94. The Hall–Kier alpha value is -3.19. The molecule has 7 heteroatoms. The number of ether oxygens (including phenoxy) is 1. The van der Waals surface area contributed by atoms with Gasteiger partial charge in [0.25, 0.3) is 0 Å². The minimum atomic E-state index is -0.230. The quantitative estimate of drug-likeness (QED) is 0.619. The third-order valence-electron chi connectivity index (χ3n) is 6.76. The molecule has 0 unspecified atom stereocenters. The first kappa shape index (κ1) is 20.7. The second-order valence-corrected chi connectivity index (χ2v) is 8.92. The highest BCUT2D eigenvalue weighted by Gasteiger charge is 2.46. The summed E-state index contributed by atoms with van der Waals surface area (Å²) >= 11 is 0. The van der Waals surface area contributed by atoms with Crippen LogP contribution >= 0.6 is 0 Å². The Morgan fingerprint density at radius 3 is 2.38 bits per heavy atom. The molecule has 1 fully saturated rings. The van der Waals surface area contributed by atoms with Crippen LogP contribution in [-0.4, -0.2) is 45.8 Å². The van der Waals surface area contributed by atoms with E-state index in [1.54, 1.807) is 19.5 Å². The van der Waals surface area contributed by atoms with Crippen LogP contribution in [0.15, 0.2) is 54.9 Å². The van der Waals surface area contributed by atoms with Crippen molar-refractivity contribution in [2.24, 2.45) is 0 Å². The number of hydrogen-bond donors (Lipinski definition) is 0. The van der Waals surface area contributed by atoms with Crippen molar-refractivity contribution in [3.05, 3.63) is 71.7 Å². The lowest BCUT2D eigenvalue weighted by Crippen LogP contribution is -2.53. The van der Waals surface area contributed by atoms with Crippen LogP contribution in [0.1, 0.15) is 36.1 Å². The van der Waals surface area contributed by atoms with Crippen molar-refractivity contribution < 1.29 is 9.53 Å². The third-order valence-corrected chi connectivity index (χ3v) is 6.76. The van der Waals surface area contributed by atoms with E-state index in [4.69, 9.17) is 9.84 Å². The van der Waals surface area contributed by atoms with E-state index in [1.165, 1.54) is 5.56 Å². The van der Waals surface area contributed by atoms with Gasteiger partial charge >= 0.3 is 0 Å². The molecule has 1 amide bonds. The first-order chi connectivity index (χ1) is 15.6. The lowest BCUT2D eigenvalue weighted by molar-refractivity contribution is -0.123. The Bertz CT molecular complexity index is 1090. The lowest BCUT2D eigenvalue weighted by atomic mass is 9.82. The van der Waals surface area contributed by atoms with Gasteiger partial charge in [0.05, 0.1) is 31.3 Å². The number of carbonyl (C=O) groups excluding carboxylic acids is 1. The molecule has 0 radical (unpaired) electrons. The maximum absolute atomic E-state index is 13.3. The fraction of sp³-hybridized carbons (Fsp3) is 0.400. The zero-order valence-corrected chi connectivity index (χ0v) is 18.7. The Kier molecular flexibility index (Phi) is 5.43. The summed E-state index contributed by atoms with van der Waals surface area (Å²) < 4.78 is 7.41. The number of pyridine rings is 1. The van der Waals surface area contributed by atoms with Crippen molar-refractivity contribution in [2.45, 2.75) is 44.8 Å². The number of amides is 1. The maximum Gasteiger partial charge on any atom is 0.230 e. The minimum Gasteiger partial charge on any atom is -0.497 e. The number of anilines is 1. The molecule has 0 atom stereocenters. The van der Waals surface area contributed by atoms with E-state index in [2.05, 4.69) is 26.7 Å². The Morgan fingerprint density at radius 1 is 1.00 bits per heavy atom. The number of rotatable bonds is 5. The van der Waals surface area contributed by atoms with Gasteiger partial charge < -0.3 is 4.74 Å². The Morgan fingerprint density at radius 2 is 1.69 bits per heavy atom. The van der Waals surface area contributed by atoms with Crippen LogP contribution in [0.25, 0.3) is 0 Å². The third kappa shape index (κ3) is 3.88. The van der Waals surface area contributed by atoms with Gasteiger partial charge in [-0.1, -0.05) is 12.1 Å². The van der Waals surface area contributed by atoms with Crippen molar-refractivity contribution in [3.8, 4) is 5.75 Å². The highest BCUT2D eigenvalue weighted by Crippen LogP contribution is 2.42. The molecule has 0 aliphatic carbocycles. The summed E-state index contributed by atoms with van der Waals surface area (Å²) in [4.78, 5) is 21.8. The molecule has 4 heterocycles. The maximum atomic E-state index is 13.3. The smallest absolute Gasteiger partial charge is 0.230 e. The summed E-state index contributed by atoms with van der Waals surface area (Å²) in [7, 11) is 1.69. The fourth-order valence-electron chi connectivity index (χ4n) is 4.95. The number of nitrogens with zero attached hydrogens (tertiary/aromatic N) is 5. The first-order valence-electron chi connectivity index (χ1n) is 11.2. The molecule has 2 aromatic heterocycles. The van der Waals surface area contributed by atoms with Crippen LogP contribution in [-0.2, 0) is 23.4 Å². The summed E-state index contributed by atoms with van der Waals surface area (Å²) in [5, 5.41) is 4.86. The topological polar surface area (TPSA) is 63.5 Å². The van der Waals surface area contributed by atoms with Gasteiger partial charge in [-0.25, -0.2) is 4.68 Å². The number of hydrogen-bond acceptors (Lipinski definition) is 5. The number of benzene rings is 1. The summed E-state index contributed by atoms with van der Waals surface area (Å²) in [6, 6.07) is 14.2. The van der Waals surface area contributed by atoms with Crippen molar-refractivity contribution >= 4 is 11.7 Å². The SMILES string of the molecule is COc1ccc(CN2CCC3(CC2)CC(=O)N(Cc2ccncc2)c2cc(C)nn23)cc1. The monoisotopic (exact) mass is 431 g/mol. The van der Waals surface area contributed by atoms with E-state index in [0.717, 1.165) is 55.3 Å². The molecule has 7 nitrogen and oxygen atoms in total. The van der Waals surface area contributed by atoms with E-state index >= 15 is 0 Å². The van der Waals surface area contributed by atoms with Gasteiger partial charge in [0.15, 0.2) is 0 Å². The molecule has 5 rings (SSSR count). The van der Waals surface area contributed by atoms with Gasteiger partial charge in [0.1, 0.15) is 11.6 Å². The molecule has 1 saturated heterocycles. The molecule has 0 bridgehead atoms. The molecule has 2 aliphatic heterocycles. The second-order valence-electron chi connectivity index (χ2n) is 8.92. The lowest BCUT2D eigenvalue weighted by Gasteiger charge is -2.46. The van der Waals surface area contributed by atoms with Crippen LogP contribution in [0, 0.1) is 6.92 Å². The molecule has 166 valence electrons.